The number of nitrogens with zero attached hydrogens (tertiary/aromatic N) is 1. The molecule has 114 valence electrons. The highest BCUT2D eigenvalue weighted by molar-refractivity contribution is 6.04. The number of aromatic nitrogens is 1. The number of pyridine rings is 1. The van der Waals surface area contributed by atoms with Crippen molar-refractivity contribution in [1.82, 2.24) is 4.98 Å². The van der Waals surface area contributed by atoms with Gasteiger partial charge in [0.15, 0.2) is 17.5 Å². The van der Waals surface area contributed by atoms with Crippen LogP contribution < -0.4 is 10.6 Å². The summed E-state index contributed by atoms with van der Waals surface area (Å²) in [5.74, 6) is -5.25. The van der Waals surface area contributed by atoms with Crippen molar-refractivity contribution >= 4 is 17.4 Å². The first-order chi connectivity index (χ1) is 10.5. The first-order valence-corrected chi connectivity index (χ1v) is 6.72. The molecule has 0 radical (unpaired) electrons. The van der Waals surface area contributed by atoms with Gasteiger partial charge < -0.3 is 10.6 Å². The number of hydrogen-bond donors (Lipinski definition) is 2. The minimum Gasteiger partial charge on any atom is -0.381 e. The number of nitrogens with one attached hydrogen (secondary N) is 2. The third-order valence-electron chi connectivity index (χ3n) is 3.23. The van der Waals surface area contributed by atoms with E-state index in [0.717, 1.165) is 24.6 Å². The van der Waals surface area contributed by atoms with Crippen LogP contribution in [-0.2, 0) is 0 Å². The monoisotopic (exact) mass is 307 g/mol. The molecule has 1 aromatic carbocycles. The zero-order chi connectivity index (χ0) is 15.7. The van der Waals surface area contributed by atoms with Crippen molar-refractivity contribution in [2.24, 2.45) is 0 Å². The summed E-state index contributed by atoms with van der Waals surface area (Å²) in [7, 11) is 0. The van der Waals surface area contributed by atoms with Gasteiger partial charge in [0, 0.05) is 6.04 Å². The van der Waals surface area contributed by atoms with Crippen molar-refractivity contribution < 1.29 is 18.0 Å². The van der Waals surface area contributed by atoms with E-state index in [1.165, 1.54) is 6.20 Å². The molecule has 1 aliphatic carbocycles. The molecular formula is C15H12F3N3O. The Balaban J connectivity index is 1.72. The van der Waals surface area contributed by atoms with E-state index in [0.29, 0.717) is 12.1 Å². The number of carbonyl (C=O) groups excluding carboxylic acids is 1. The summed E-state index contributed by atoms with van der Waals surface area (Å²) < 4.78 is 39.5. The molecule has 1 fully saturated rings. The van der Waals surface area contributed by atoms with E-state index < -0.39 is 28.9 Å². The van der Waals surface area contributed by atoms with E-state index in [1.807, 2.05) is 0 Å². The first-order valence-electron chi connectivity index (χ1n) is 6.72. The first kappa shape index (κ1) is 14.4. The van der Waals surface area contributed by atoms with Gasteiger partial charge in [-0.25, -0.2) is 18.2 Å². The Hall–Kier alpha value is -2.57. The minimum absolute atomic E-state index is 0.190. The van der Waals surface area contributed by atoms with Gasteiger partial charge in [0.1, 0.15) is 5.82 Å². The van der Waals surface area contributed by atoms with Crippen LogP contribution in [-0.4, -0.2) is 16.9 Å². The Morgan fingerprint density at radius 1 is 1.09 bits per heavy atom. The number of benzene rings is 1. The molecule has 2 N–H and O–H groups in total. The van der Waals surface area contributed by atoms with Gasteiger partial charge in [0.25, 0.3) is 5.91 Å². The third-order valence-corrected chi connectivity index (χ3v) is 3.23. The van der Waals surface area contributed by atoms with Crippen molar-refractivity contribution in [2.45, 2.75) is 18.9 Å². The fraction of sp³-hybridized carbons (Fsp3) is 0.200. The molecule has 22 heavy (non-hydrogen) atoms. The van der Waals surface area contributed by atoms with Crippen LogP contribution in [0.25, 0.3) is 0 Å². The van der Waals surface area contributed by atoms with Crippen LogP contribution in [0.5, 0.6) is 0 Å². The second kappa shape index (κ2) is 5.67. The molecule has 1 saturated carbocycles. The molecule has 1 aliphatic rings. The van der Waals surface area contributed by atoms with E-state index in [9.17, 15) is 18.0 Å². The zero-order valence-electron chi connectivity index (χ0n) is 11.4. The zero-order valence-corrected chi connectivity index (χ0v) is 11.4. The Kier molecular flexibility index (Phi) is 3.70. The van der Waals surface area contributed by atoms with Crippen molar-refractivity contribution in [3.8, 4) is 0 Å². The SMILES string of the molecule is O=C(Nc1ccc(NC2CC2)cn1)c1ccc(F)c(F)c1F. The summed E-state index contributed by atoms with van der Waals surface area (Å²) in [5, 5.41) is 5.56. The maximum Gasteiger partial charge on any atom is 0.259 e. The van der Waals surface area contributed by atoms with Crippen LogP contribution in [0.4, 0.5) is 24.7 Å². The number of halogens is 3. The average Bonchev–Trinajstić information content (AvgIpc) is 3.31. The number of rotatable bonds is 4. The molecule has 0 bridgehead atoms. The molecule has 7 heteroatoms. The van der Waals surface area contributed by atoms with Gasteiger partial charge in [-0.1, -0.05) is 0 Å². The molecular weight excluding hydrogens is 295 g/mol. The summed E-state index contributed by atoms with van der Waals surface area (Å²) in [5.41, 5.74) is 0.236. The minimum atomic E-state index is -1.68. The van der Waals surface area contributed by atoms with Crippen LogP contribution in [0.3, 0.4) is 0 Å². The van der Waals surface area contributed by atoms with Crippen LogP contribution in [0, 0.1) is 17.5 Å². The van der Waals surface area contributed by atoms with Crippen molar-refractivity contribution in [1.29, 1.82) is 0 Å². The lowest BCUT2D eigenvalue weighted by Crippen LogP contribution is -2.16. The second-order valence-electron chi connectivity index (χ2n) is 5.03. The van der Waals surface area contributed by atoms with Crippen LogP contribution in [0.1, 0.15) is 23.2 Å². The molecule has 1 heterocycles. The van der Waals surface area contributed by atoms with E-state index in [1.54, 1.807) is 12.1 Å². The molecule has 4 nitrogen and oxygen atoms in total. The highest BCUT2D eigenvalue weighted by Crippen LogP contribution is 2.24. The normalized spacial score (nSPS) is 13.8. The summed E-state index contributed by atoms with van der Waals surface area (Å²) in [4.78, 5) is 15.9. The predicted molar refractivity (Wildman–Crippen MR) is 75.2 cm³/mol. The molecule has 3 rings (SSSR count). The molecule has 0 atom stereocenters. The molecule has 0 spiro atoms. The van der Waals surface area contributed by atoms with Crippen molar-refractivity contribution in [3.63, 3.8) is 0 Å². The standard InChI is InChI=1S/C15H12F3N3O/c16-11-5-4-10(13(17)14(11)18)15(22)21-12-6-3-9(7-19-12)20-8-1-2-8/h3-8,20H,1-2H2,(H,19,21,22). The summed E-state index contributed by atoms with van der Waals surface area (Å²) in [6.45, 7) is 0. The quantitative estimate of drug-likeness (QED) is 0.852. The molecule has 0 saturated heterocycles. The fourth-order valence-corrected chi connectivity index (χ4v) is 1.90. The largest absolute Gasteiger partial charge is 0.381 e. The predicted octanol–water partition coefficient (Wildman–Crippen LogP) is 3.33. The van der Waals surface area contributed by atoms with Gasteiger partial charge in [-0.15, -0.1) is 0 Å². The van der Waals surface area contributed by atoms with E-state index in [-0.39, 0.29) is 5.82 Å². The van der Waals surface area contributed by atoms with Gasteiger partial charge >= 0.3 is 0 Å². The number of amides is 1. The van der Waals surface area contributed by atoms with Gasteiger partial charge in [0.05, 0.1) is 17.4 Å². The maximum atomic E-state index is 13.5. The molecule has 0 aliphatic heterocycles. The summed E-state index contributed by atoms with van der Waals surface area (Å²) >= 11 is 0. The lowest BCUT2D eigenvalue weighted by molar-refractivity contribution is 0.102. The molecule has 2 aromatic rings. The smallest absolute Gasteiger partial charge is 0.259 e. The van der Waals surface area contributed by atoms with Crippen molar-refractivity contribution in [3.05, 3.63) is 53.5 Å². The third kappa shape index (κ3) is 3.03. The maximum absolute atomic E-state index is 13.5. The second-order valence-corrected chi connectivity index (χ2v) is 5.03. The van der Waals surface area contributed by atoms with E-state index in [4.69, 9.17) is 0 Å². The lowest BCUT2D eigenvalue weighted by Gasteiger charge is -2.08. The number of hydrogen-bond acceptors (Lipinski definition) is 3. The van der Waals surface area contributed by atoms with Gasteiger partial charge in [0.2, 0.25) is 0 Å². The summed E-state index contributed by atoms with van der Waals surface area (Å²) in [6.07, 6.45) is 3.78. The number of anilines is 2. The number of carbonyl (C=O) groups is 1. The molecule has 1 amide bonds. The van der Waals surface area contributed by atoms with Crippen LogP contribution >= 0.6 is 0 Å². The lowest BCUT2D eigenvalue weighted by atomic mass is 10.2. The van der Waals surface area contributed by atoms with Gasteiger partial charge in [-0.3, -0.25) is 4.79 Å². The fourth-order valence-electron chi connectivity index (χ4n) is 1.90. The highest BCUT2D eigenvalue weighted by Gasteiger charge is 2.21. The van der Waals surface area contributed by atoms with Gasteiger partial charge in [-0.2, -0.15) is 0 Å². The topological polar surface area (TPSA) is 54.0 Å². The molecule has 0 unspecified atom stereocenters. The molecule has 1 aromatic heterocycles. The van der Waals surface area contributed by atoms with Crippen LogP contribution in [0.2, 0.25) is 0 Å². The van der Waals surface area contributed by atoms with E-state index in [2.05, 4.69) is 15.6 Å². The Morgan fingerprint density at radius 2 is 1.86 bits per heavy atom. The highest BCUT2D eigenvalue weighted by atomic mass is 19.2. The Morgan fingerprint density at radius 3 is 2.50 bits per heavy atom. The average molecular weight is 307 g/mol. The Labute approximate surface area is 124 Å². The van der Waals surface area contributed by atoms with Crippen molar-refractivity contribution in [2.75, 3.05) is 10.6 Å². The van der Waals surface area contributed by atoms with Crippen LogP contribution in [0.15, 0.2) is 30.5 Å². The summed E-state index contributed by atoms with van der Waals surface area (Å²) in [6, 6.07) is 5.32. The Bertz CT molecular complexity index is 715. The van der Waals surface area contributed by atoms with Gasteiger partial charge in [-0.05, 0) is 37.1 Å². The van der Waals surface area contributed by atoms with E-state index >= 15 is 0 Å².